The number of hydrogen-bond acceptors (Lipinski definition) is 2. The molecule has 1 saturated carbocycles. The lowest BCUT2D eigenvalue weighted by atomic mass is 9.67. The lowest BCUT2D eigenvalue weighted by Gasteiger charge is -2.41. The Labute approximate surface area is 157 Å². The zero-order chi connectivity index (χ0) is 17.1. The zero-order valence-corrected chi connectivity index (χ0v) is 16.5. The first-order valence-electron chi connectivity index (χ1n) is 7.84. The summed E-state index contributed by atoms with van der Waals surface area (Å²) in [5, 5.41) is 9.67. The number of rotatable bonds is 5. The highest BCUT2D eigenvalue weighted by atomic mass is 127. The number of guanidine groups is 1. The summed E-state index contributed by atoms with van der Waals surface area (Å²) in [6.07, 6.45) is 1.64. The summed E-state index contributed by atoms with van der Waals surface area (Å²) in [6.45, 7) is 2.99. The molecule has 1 aliphatic carbocycles. The van der Waals surface area contributed by atoms with Crippen LogP contribution in [0.1, 0.15) is 43.9 Å². The number of aliphatic imine (C=N–C) groups is 1. The monoisotopic (exact) mass is 459 g/mol. The van der Waals surface area contributed by atoms with E-state index in [4.69, 9.17) is 0 Å². The number of hydrogen-bond donors (Lipinski definition) is 2. The molecule has 0 unspecified atom stereocenters. The van der Waals surface area contributed by atoms with Crippen LogP contribution in [0.3, 0.4) is 0 Å². The fourth-order valence-corrected chi connectivity index (χ4v) is 2.91. The van der Waals surface area contributed by atoms with E-state index in [9.17, 15) is 13.2 Å². The van der Waals surface area contributed by atoms with Crippen molar-refractivity contribution < 1.29 is 13.2 Å². The van der Waals surface area contributed by atoms with E-state index in [-0.39, 0.29) is 36.1 Å². The van der Waals surface area contributed by atoms with E-state index in [0.29, 0.717) is 11.4 Å². The molecule has 0 aromatic carbocycles. The van der Waals surface area contributed by atoms with Gasteiger partial charge in [0.05, 0.1) is 0 Å². The summed E-state index contributed by atoms with van der Waals surface area (Å²) < 4.78 is 39.9. The second-order valence-electron chi connectivity index (χ2n) is 6.16. The summed E-state index contributed by atoms with van der Waals surface area (Å²) in [6, 6.07) is 0. The Balaban J connectivity index is 0.00000288. The van der Waals surface area contributed by atoms with Crippen LogP contribution in [0, 0.1) is 5.41 Å². The van der Waals surface area contributed by atoms with Crippen molar-refractivity contribution >= 4 is 29.9 Å². The minimum absolute atomic E-state index is 0. The molecule has 2 N–H and O–H groups in total. The summed E-state index contributed by atoms with van der Waals surface area (Å²) >= 11 is 0. The van der Waals surface area contributed by atoms with E-state index in [0.717, 1.165) is 13.0 Å². The topological polar surface area (TPSA) is 54.2 Å². The maximum Gasteiger partial charge on any atom is 0.435 e. The molecule has 0 amide bonds. The highest BCUT2D eigenvalue weighted by Gasteiger charge is 2.37. The van der Waals surface area contributed by atoms with Crippen molar-refractivity contribution in [2.75, 3.05) is 13.6 Å². The van der Waals surface area contributed by atoms with Gasteiger partial charge in [-0.15, -0.1) is 24.0 Å². The van der Waals surface area contributed by atoms with Crippen molar-refractivity contribution in [1.82, 2.24) is 20.4 Å². The minimum Gasteiger partial charge on any atom is -0.356 e. The third kappa shape index (κ3) is 5.00. The summed E-state index contributed by atoms with van der Waals surface area (Å²) in [7, 11) is 3.09. The van der Waals surface area contributed by atoms with Crippen molar-refractivity contribution in [3.63, 3.8) is 0 Å². The third-order valence-electron chi connectivity index (χ3n) is 4.64. The molecule has 0 radical (unpaired) electrons. The van der Waals surface area contributed by atoms with Crippen molar-refractivity contribution in [2.24, 2.45) is 17.5 Å². The number of aromatic nitrogens is 2. The molecule has 0 aliphatic heterocycles. The molecule has 0 spiro atoms. The molecule has 1 heterocycles. The van der Waals surface area contributed by atoms with E-state index in [1.165, 1.54) is 37.2 Å². The summed E-state index contributed by atoms with van der Waals surface area (Å²) in [5.74, 6) is 0.515. The first kappa shape index (κ1) is 21.0. The van der Waals surface area contributed by atoms with Gasteiger partial charge < -0.3 is 10.6 Å². The molecule has 1 aromatic rings. The first-order chi connectivity index (χ1) is 10.8. The maximum absolute atomic E-state index is 12.9. The first-order valence-corrected chi connectivity index (χ1v) is 7.84. The van der Waals surface area contributed by atoms with Crippen LogP contribution >= 0.6 is 24.0 Å². The van der Waals surface area contributed by atoms with Gasteiger partial charge in [-0.3, -0.25) is 9.67 Å². The Hall–Kier alpha value is -1.00. The van der Waals surface area contributed by atoms with Gasteiger partial charge in [0.25, 0.3) is 0 Å². The smallest absolute Gasteiger partial charge is 0.356 e. The standard InChI is InChI=1S/C15H24F3N5.HI/c1-4-14(6-5-7-14)10-21-13(19-2)20-8-11-9-23(3)22-12(11)15(16,17)18;/h9H,4-8,10H2,1-3H3,(H2,19,20,21);1H. The van der Waals surface area contributed by atoms with E-state index in [1.807, 2.05) is 0 Å². The summed E-state index contributed by atoms with van der Waals surface area (Å²) in [4.78, 5) is 4.08. The molecule has 2 rings (SSSR count). The molecule has 138 valence electrons. The van der Waals surface area contributed by atoms with Gasteiger partial charge >= 0.3 is 6.18 Å². The van der Waals surface area contributed by atoms with Crippen molar-refractivity contribution in [1.29, 1.82) is 0 Å². The van der Waals surface area contributed by atoms with E-state index >= 15 is 0 Å². The van der Waals surface area contributed by atoms with Crippen LogP contribution in [0.4, 0.5) is 13.2 Å². The van der Waals surface area contributed by atoms with Crippen molar-refractivity contribution in [3.05, 3.63) is 17.5 Å². The Morgan fingerprint density at radius 2 is 2.04 bits per heavy atom. The molecular weight excluding hydrogens is 434 g/mol. The highest BCUT2D eigenvalue weighted by Crippen LogP contribution is 2.43. The molecule has 1 aromatic heterocycles. The highest BCUT2D eigenvalue weighted by molar-refractivity contribution is 14.0. The Morgan fingerprint density at radius 3 is 2.50 bits per heavy atom. The Bertz CT molecular complexity index is 558. The SMILES string of the molecule is CCC1(CNC(=NC)NCc2cn(C)nc2C(F)(F)F)CCC1.I. The maximum atomic E-state index is 12.9. The van der Waals surface area contributed by atoms with E-state index in [1.54, 1.807) is 7.05 Å². The van der Waals surface area contributed by atoms with E-state index in [2.05, 4.69) is 27.6 Å². The van der Waals surface area contributed by atoms with Crippen LogP contribution in [-0.2, 0) is 19.8 Å². The molecule has 5 nitrogen and oxygen atoms in total. The van der Waals surface area contributed by atoms with Crippen LogP contribution in [-0.4, -0.2) is 29.3 Å². The minimum atomic E-state index is -4.45. The van der Waals surface area contributed by atoms with Gasteiger partial charge in [0.15, 0.2) is 11.7 Å². The van der Waals surface area contributed by atoms with Gasteiger partial charge in [-0.25, -0.2) is 0 Å². The van der Waals surface area contributed by atoms with Gasteiger partial charge in [0, 0.05) is 38.9 Å². The number of alkyl halides is 3. The lowest BCUT2D eigenvalue weighted by molar-refractivity contribution is -0.142. The predicted octanol–water partition coefficient (Wildman–Crippen LogP) is 3.30. The average Bonchev–Trinajstić information content (AvgIpc) is 2.82. The quantitative estimate of drug-likeness (QED) is 0.404. The number of nitrogens with one attached hydrogen (secondary N) is 2. The molecule has 0 bridgehead atoms. The number of halogens is 4. The van der Waals surface area contributed by atoms with Gasteiger partial charge in [-0.2, -0.15) is 18.3 Å². The molecule has 1 aliphatic rings. The molecule has 0 saturated heterocycles. The largest absolute Gasteiger partial charge is 0.435 e. The van der Waals surface area contributed by atoms with E-state index < -0.39 is 11.9 Å². The predicted molar refractivity (Wildman–Crippen MR) is 98.4 cm³/mol. The fourth-order valence-electron chi connectivity index (χ4n) is 2.91. The molecule has 0 atom stereocenters. The lowest BCUT2D eigenvalue weighted by Crippen LogP contribution is -2.46. The van der Waals surface area contributed by atoms with Crippen LogP contribution in [0.2, 0.25) is 0 Å². The van der Waals surface area contributed by atoms with Crippen LogP contribution in [0.25, 0.3) is 0 Å². The second-order valence-corrected chi connectivity index (χ2v) is 6.16. The van der Waals surface area contributed by atoms with Crippen molar-refractivity contribution in [3.8, 4) is 0 Å². The normalized spacial score (nSPS) is 17.0. The number of aryl methyl sites for hydroxylation is 1. The average molecular weight is 459 g/mol. The zero-order valence-electron chi connectivity index (χ0n) is 14.2. The number of nitrogens with zero attached hydrogens (tertiary/aromatic N) is 3. The molecule has 24 heavy (non-hydrogen) atoms. The fraction of sp³-hybridized carbons (Fsp3) is 0.733. The molecular formula is C15H25F3IN5. The third-order valence-corrected chi connectivity index (χ3v) is 4.64. The van der Waals surface area contributed by atoms with Crippen LogP contribution in [0.5, 0.6) is 0 Å². The van der Waals surface area contributed by atoms with Crippen LogP contribution < -0.4 is 10.6 Å². The molecule has 1 fully saturated rings. The molecule has 9 heteroatoms. The van der Waals surface area contributed by atoms with Crippen molar-refractivity contribution in [2.45, 2.75) is 45.3 Å². The van der Waals surface area contributed by atoms with Gasteiger partial charge in [-0.1, -0.05) is 13.3 Å². The summed E-state index contributed by atoms with van der Waals surface area (Å²) in [5.41, 5.74) is -0.438. The van der Waals surface area contributed by atoms with Gasteiger partial charge in [-0.05, 0) is 24.7 Å². The van der Waals surface area contributed by atoms with Gasteiger partial charge in [0.2, 0.25) is 0 Å². The van der Waals surface area contributed by atoms with Gasteiger partial charge in [0.1, 0.15) is 0 Å². The second kappa shape index (κ2) is 8.39. The Morgan fingerprint density at radius 1 is 1.38 bits per heavy atom. The van der Waals surface area contributed by atoms with Crippen LogP contribution in [0.15, 0.2) is 11.2 Å². The Kier molecular flexibility index (Phi) is 7.36.